The highest BCUT2D eigenvalue weighted by molar-refractivity contribution is 6.30. The molecule has 0 saturated heterocycles. The van der Waals surface area contributed by atoms with Crippen molar-refractivity contribution in [1.82, 2.24) is 0 Å². The number of rotatable bonds is 3. The summed E-state index contributed by atoms with van der Waals surface area (Å²) in [6, 6.07) is 11.4. The molecule has 0 N–H and O–H groups in total. The Morgan fingerprint density at radius 3 is 2.47 bits per heavy atom. The van der Waals surface area contributed by atoms with E-state index in [1.54, 1.807) is 43.3 Å². The smallest absolute Gasteiger partial charge is 0.274 e. The molecule has 0 atom stereocenters. The first-order valence-electron chi connectivity index (χ1n) is 5.78. The van der Waals surface area contributed by atoms with Crippen LogP contribution < -0.4 is 4.74 Å². The van der Waals surface area contributed by atoms with E-state index in [1.165, 1.54) is 6.07 Å². The summed E-state index contributed by atoms with van der Waals surface area (Å²) in [6.07, 6.45) is 0. The number of alkyl halides is 2. The molecule has 0 aromatic heterocycles. The zero-order chi connectivity index (χ0) is 14.0. The maximum Gasteiger partial charge on any atom is 0.274 e. The molecule has 0 aliphatic carbocycles. The van der Waals surface area contributed by atoms with E-state index in [4.69, 9.17) is 16.3 Å². The van der Waals surface area contributed by atoms with Gasteiger partial charge in [0.1, 0.15) is 11.5 Å². The van der Waals surface area contributed by atoms with Crippen LogP contribution in [0.5, 0.6) is 11.5 Å². The average molecular weight is 283 g/mol. The maximum atomic E-state index is 13.6. The Kier molecular flexibility index (Phi) is 3.76. The third-order valence-corrected chi connectivity index (χ3v) is 2.87. The molecular weight excluding hydrogens is 270 g/mol. The normalized spacial score (nSPS) is 11.4. The van der Waals surface area contributed by atoms with Crippen LogP contribution in [0.1, 0.15) is 18.1 Å². The highest BCUT2D eigenvalue weighted by Crippen LogP contribution is 2.37. The number of ether oxygens (including phenoxy) is 1. The first kappa shape index (κ1) is 13.8. The summed E-state index contributed by atoms with van der Waals surface area (Å²) in [5.41, 5.74) is 0.627. The van der Waals surface area contributed by atoms with Crippen LogP contribution in [-0.2, 0) is 5.92 Å². The van der Waals surface area contributed by atoms with Gasteiger partial charge in [-0.05, 0) is 37.3 Å². The van der Waals surface area contributed by atoms with Gasteiger partial charge in [0.15, 0.2) is 0 Å². The molecule has 0 radical (unpaired) electrons. The fourth-order valence-electron chi connectivity index (χ4n) is 1.73. The summed E-state index contributed by atoms with van der Waals surface area (Å²) in [5.74, 6) is -2.39. The van der Waals surface area contributed by atoms with Crippen molar-refractivity contribution < 1.29 is 13.5 Å². The van der Waals surface area contributed by atoms with E-state index in [1.807, 2.05) is 0 Å². The van der Waals surface area contributed by atoms with Gasteiger partial charge in [-0.25, -0.2) is 8.78 Å². The highest BCUT2D eigenvalue weighted by atomic mass is 35.5. The van der Waals surface area contributed by atoms with Crippen LogP contribution in [0.4, 0.5) is 8.78 Å². The minimum atomic E-state index is -2.96. The fourth-order valence-corrected chi connectivity index (χ4v) is 1.91. The number of aryl methyl sites for hydroxylation is 1. The molecule has 2 aromatic rings. The summed E-state index contributed by atoms with van der Waals surface area (Å²) in [5, 5.41) is 0.495. The van der Waals surface area contributed by atoms with Gasteiger partial charge in [0.05, 0.1) is 5.56 Å². The van der Waals surface area contributed by atoms with Gasteiger partial charge in [0, 0.05) is 11.9 Å². The summed E-state index contributed by atoms with van der Waals surface area (Å²) in [4.78, 5) is 0. The lowest BCUT2D eigenvalue weighted by Crippen LogP contribution is -2.09. The number of benzene rings is 2. The monoisotopic (exact) mass is 282 g/mol. The van der Waals surface area contributed by atoms with Crippen LogP contribution in [0.25, 0.3) is 0 Å². The Hall–Kier alpha value is -1.61. The van der Waals surface area contributed by atoms with Crippen molar-refractivity contribution in [3.8, 4) is 11.5 Å². The SMILES string of the molecule is Cc1ccc(Oc2cccc(Cl)c2)c(C(C)(F)F)c1. The van der Waals surface area contributed by atoms with Crippen molar-refractivity contribution in [2.45, 2.75) is 19.8 Å². The second kappa shape index (κ2) is 5.17. The highest BCUT2D eigenvalue weighted by Gasteiger charge is 2.28. The molecule has 0 fully saturated rings. The topological polar surface area (TPSA) is 9.23 Å². The lowest BCUT2D eigenvalue weighted by Gasteiger charge is -2.17. The second-order valence-electron chi connectivity index (χ2n) is 4.45. The number of hydrogen-bond donors (Lipinski definition) is 0. The van der Waals surface area contributed by atoms with Crippen molar-refractivity contribution in [2.24, 2.45) is 0 Å². The molecule has 100 valence electrons. The van der Waals surface area contributed by atoms with Crippen LogP contribution in [0, 0.1) is 6.92 Å². The predicted molar refractivity (Wildman–Crippen MR) is 72.3 cm³/mol. The lowest BCUT2D eigenvalue weighted by atomic mass is 10.1. The van der Waals surface area contributed by atoms with Crippen LogP contribution in [0.2, 0.25) is 5.02 Å². The molecule has 0 aliphatic rings. The Balaban J connectivity index is 2.40. The molecule has 2 rings (SSSR count). The molecule has 0 bridgehead atoms. The average Bonchev–Trinajstić information content (AvgIpc) is 2.30. The zero-order valence-corrected chi connectivity index (χ0v) is 11.3. The van der Waals surface area contributed by atoms with E-state index in [9.17, 15) is 8.78 Å². The second-order valence-corrected chi connectivity index (χ2v) is 4.88. The molecule has 0 heterocycles. The van der Waals surface area contributed by atoms with Crippen molar-refractivity contribution >= 4 is 11.6 Å². The summed E-state index contributed by atoms with van der Waals surface area (Å²) in [7, 11) is 0. The zero-order valence-electron chi connectivity index (χ0n) is 10.6. The summed E-state index contributed by atoms with van der Waals surface area (Å²) >= 11 is 5.84. The Bertz CT molecular complexity index is 591. The Morgan fingerprint density at radius 2 is 1.84 bits per heavy atom. The Labute approximate surface area is 115 Å². The molecule has 0 aliphatic heterocycles. The molecule has 0 unspecified atom stereocenters. The predicted octanol–water partition coefficient (Wildman–Crippen LogP) is 5.55. The largest absolute Gasteiger partial charge is 0.457 e. The molecule has 0 spiro atoms. The van der Waals surface area contributed by atoms with Crippen molar-refractivity contribution in [2.75, 3.05) is 0 Å². The summed E-state index contributed by atoms with van der Waals surface area (Å²) in [6.45, 7) is 2.62. The minimum absolute atomic E-state index is 0.132. The van der Waals surface area contributed by atoms with E-state index >= 15 is 0 Å². The van der Waals surface area contributed by atoms with Crippen molar-refractivity contribution in [3.63, 3.8) is 0 Å². The van der Waals surface area contributed by atoms with E-state index in [0.717, 1.165) is 12.5 Å². The molecular formula is C15H13ClF2O. The quantitative estimate of drug-likeness (QED) is 0.717. The number of halogens is 3. The van der Waals surface area contributed by atoms with Crippen LogP contribution >= 0.6 is 11.6 Å². The van der Waals surface area contributed by atoms with Gasteiger partial charge in [0.2, 0.25) is 0 Å². The lowest BCUT2D eigenvalue weighted by molar-refractivity contribution is 0.0154. The van der Waals surface area contributed by atoms with Crippen molar-refractivity contribution in [1.29, 1.82) is 0 Å². The molecule has 0 saturated carbocycles. The van der Waals surface area contributed by atoms with Gasteiger partial charge in [-0.3, -0.25) is 0 Å². The third kappa shape index (κ3) is 3.44. The molecule has 2 aromatic carbocycles. The molecule has 4 heteroatoms. The third-order valence-electron chi connectivity index (χ3n) is 2.63. The van der Waals surface area contributed by atoms with Gasteiger partial charge in [-0.2, -0.15) is 0 Å². The first-order valence-corrected chi connectivity index (χ1v) is 6.16. The molecule has 1 nitrogen and oxygen atoms in total. The first-order chi connectivity index (χ1) is 8.86. The Morgan fingerprint density at radius 1 is 1.11 bits per heavy atom. The van der Waals surface area contributed by atoms with Gasteiger partial charge >= 0.3 is 0 Å². The fraction of sp³-hybridized carbons (Fsp3) is 0.200. The summed E-state index contributed by atoms with van der Waals surface area (Å²) < 4.78 is 32.6. The van der Waals surface area contributed by atoms with Crippen molar-refractivity contribution in [3.05, 3.63) is 58.6 Å². The standard InChI is InChI=1S/C15H13ClF2O/c1-10-6-7-14(13(8-10)15(2,17)18)19-12-5-3-4-11(16)9-12/h3-9H,1-2H3. The van der Waals surface area contributed by atoms with Gasteiger partial charge in [-0.15, -0.1) is 0 Å². The molecule has 19 heavy (non-hydrogen) atoms. The van der Waals surface area contributed by atoms with E-state index < -0.39 is 5.92 Å². The van der Waals surface area contributed by atoms with E-state index in [2.05, 4.69) is 0 Å². The van der Waals surface area contributed by atoms with Gasteiger partial charge in [0.25, 0.3) is 5.92 Å². The van der Waals surface area contributed by atoms with E-state index in [0.29, 0.717) is 10.8 Å². The maximum absolute atomic E-state index is 13.6. The van der Waals surface area contributed by atoms with Gasteiger partial charge < -0.3 is 4.74 Å². The minimum Gasteiger partial charge on any atom is -0.457 e. The van der Waals surface area contributed by atoms with Gasteiger partial charge in [-0.1, -0.05) is 29.3 Å². The van der Waals surface area contributed by atoms with Crippen LogP contribution in [-0.4, -0.2) is 0 Å². The van der Waals surface area contributed by atoms with Crippen LogP contribution in [0.3, 0.4) is 0 Å². The number of hydrogen-bond acceptors (Lipinski definition) is 1. The van der Waals surface area contributed by atoms with E-state index in [-0.39, 0.29) is 11.3 Å². The molecule has 0 amide bonds. The van der Waals surface area contributed by atoms with Crippen LogP contribution in [0.15, 0.2) is 42.5 Å².